The number of hydrogen-bond acceptors (Lipinski definition) is 6. The number of pyridine rings is 2. The van der Waals surface area contributed by atoms with Gasteiger partial charge in [0.05, 0.1) is 11.0 Å². The minimum Gasteiger partial charge on any atom is -0.491 e. The Morgan fingerprint density at radius 3 is 2.90 bits per heavy atom. The lowest BCUT2D eigenvalue weighted by molar-refractivity contribution is -0.116. The summed E-state index contributed by atoms with van der Waals surface area (Å²) in [6.07, 6.45) is 3.99. The van der Waals surface area contributed by atoms with E-state index in [-0.39, 0.29) is 12.5 Å². The molecule has 0 aliphatic carbocycles. The van der Waals surface area contributed by atoms with Gasteiger partial charge in [0.1, 0.15) is 18.5 Å². The van der Waals surface area contributed by atoms with Crippen LogP contribution in [0.4, 0.5) is 11.4 Å². The monoisotopic (exact) mass is 414 g/mol. The van der Waals surface area contributed by atoms with Crippen LogP contribution >= 0.6 is 0 Å². The molecule has 7 nitrogen and oxygen atoms in total. The van der Waals surface area contributed by atoms with Crippen LogP contribution in [-0.4, -0.2) is 40.2 Å². The Kier molecular flexibility index (Phi) is 5.09. The molecule has 4 aromatic rings. The van der Waals surface area contributed by atoms with Gasteiger partial charge in [-0.25, -0.2) is 0 Å². The average molecular weight is 414 g/mol. The van der Waals surface area contributed by atoms with E-state index in [9.17, 15) is 9.90 Å². The third-order valence-electron chi connectivity index (χ3n) is 5.43. The number of anilines is 2. The molecule has 3 N–H and O–H groups in total. The molecule has 0 saturated carbocycles. The molecule has 0 spiro atoms. The molecule has 1 unspecified atom stereocenters. The third kappa shape index (κ3) is 4.00. The van der Waals surface area contributed by atoms with E-state index in [0.29, 0.717) is 25.1 Å². The summed E-state index contributed by atoms with van der Waals surface area (Å²) in [5.41, 5.74) is 4.46. The summed E-state index contributed by atoms with van der Waals surface area (Å²) in [7, 11) is 0. The molecule has 0 saturated heterocycles. The molecule has 0 radical (unpaired) electrons. The number of aromatic nitrogens is 2. The second kappa shape index (κ2) is 8.20. The number of ether oxygens (including phenoxy) is 1. The molecular weight excluding hydrogens is 392 g/mol. The van der Waals surface area contributed by atoms with E-state index in [4.69, 9.17) is 4.74 Å². The number of nitrogens with one attached hydrogen (secondary N) is 2. The number of hydrogen-bond donors (Lipinski definition) is 3. The number of carbonyl (C=O) groups is 1. The number of aliphatic hydroxyl groups excluding tert-OH is 1. The zero-order chi connectivity index (χ0) is 21.2. The highest BCUT2D eigenvalue weighted by molar-refractivity contribution is 6.07. The van der Waals surface area contributed by atoms with Crippen molar-refractivity contribution < 1.29 is 14.6 Å². The predicted octanol–water partition coefficient (Wildman–Crippen LogP) is 3.52. The molecule has 2 aromatic carbocycles. The van der Waals surface area contributed by atoms with E-state index < -0.39 is 6.10 Å². The van der Waals surface area contributed by atoms with Crippen LogP contribution in [0.5, 0.6) is 5.75 Å². The second-order valence-corrected chi connectivity index (χ2v) is 7.61. The summed E-state index contributed by atoms with van der Waals surface area (Å²) in [5, 5.41) is 18.6. The zero-order valence-electron chi connectivity index (χ0n) is 16.8. The van der Waals surface area contributed by atoms with Crippen LogP contribution in [0.15, 0.2) is 60.9 Å². The average Bonchev–Trinajstić information content (AvgIpc) is 2.81. The number of nitrogens with zero attached hydrogens (tertiary/aromatic N) is 2. The molecule has 3 heterocycles. The van der Waals surface area contributed by atoms with E-state index in [1.54, 1.807) is 18.5 Å². The van der Waals surface area contributed by atoms with Gasteiger partial charge in [0.2, 0.25) is 5.91 Å². The van der Waals surface area contributed by atoms with Crippen molar-refractivity contribution in [2.75, 3.05) is 23.8 Å². The minimum absolute atomic E-state index is 0.0371. The van der Waals surface area contributed by atoms with Crippen molar-refractivity contribution in [1.29, 1.82) is 0 Å². The lowest BCUT2D eigenvalue weighted by Gasteiger charge is -2.19. The first-order valence-electron chi connectivity index (χ1n) is 10.3. The van der Waals surface area contributed by atoms with Crippen molar-refractivity contribution in [3.8, 4) is 5.75 Å². The number of aryl methyl sites for hydroxylation is 1. The quantitative estimate of drug-likeness (QED) is 0.418. The van der Waals surface area contributed by atoms with Crippen LogP contribution in [0, 0.1) is 0 Å². The van der Waals surface area contributed by atoms with Crippen molar-refractivity contribution >= 4 is 39.1 Å². The highest BCUT2D eigenvalue weighted by Crippen LogP contribution is 2.28. The number of benzene rings is 2. The van der Waals surface area contributed by atoms with Crippen LogP contribution in [0.25, 0.3) is 21.8 Å². The first kappa shape index (κ1) is 19.3. The van der Waals surface area contributed by atoms with Gasteiger partial charge in [-0.3, -0.25) is 14.8 Å². The van der Waals surface area contributed by atoms with Gasteiger partial charge < -0.3 is 20.5 Å². The SMILES string of the molecule is O=C1CCc2cc(OCC(O)CNc3ccnc4c3ccc3cccnc34)ccc2N1. The van der Waals surface area contributed by atoms with Gasteiger partial charge in [-0.05, 0) is 48.4 Å². The van der Waals surface area contributed by atoms with E-state index in [1.165, 1.54) is 0 Å². The molecule has 7 heteroatoms. The Hall–Kier alpha value is -3.71. The van der Waals surface area contributed by atoms with Crippen molar-refractivity contribution in [1.82, 2.24) is 9.97 Å². The van der Waals surface area contributed by atoms with Gasteiger partial charge in [-0.1, -0.05) is 12.1 Å². The summed E-state index contributed by atoms with van der Waals surface area (Å²) < 4.78 is 5.77. The summed E-state index contributed by atoms with van der Waals surface area (Å²) in [4.78, 5) is 20.4. The van der Waals surface area contributed by atoms with Crippen LogP contribution in [-0.2, 0) is 11.2 Å². The smallest absolute Gasteiger partial charge is 0.224 e. The number of rotatable bonds is 6. The molecule has 1 amide bonds. The molecule has 2 aromatic heterocycles. The maximum Gasteiger partial charge on any atom is 0.224 e. The Bertz CT molecular complexity index is 1270. The molecule has 156 valence electrons. The summed E-state index contributed by atoms with van der Waals surface area (Å²) in [5.74, 6) is 0.718. The molecule has 0 fully saturated rings. The molecule has 31 heavy (non-hydrogen) atoms. The molecule has 1 atom stereocenters. The first-order valence-corrected chi connectivity index (χ1v) is 10.3. The van der Waals surface area contributed by atoms with Crippen LogP contribution in [0.2, 0.25) is 0 Å². The lowest BCUT2D eigenvalue weighted by atomic mass is 10.0. The molecular formula is C24H22N4O3. The van der Waals surface area contributed by atoms with E-state index in [1.807, 2.05) is 42.5 Å². The largest absolute Gasteiger partial charge is 0.491 e. The van der Waals surface area contributed by atoms with E-state index in [0.717, 1.165) is 38.7 Å². The maximum atomic E-state index is 11.5. The highest BCUT2D eigenvalue weighted by atomic mass is 16.5. The molecule has 5 rings (SSSR count). The number of fused-ring (bicyclic) bond motifs is 4. The van der Waals surface area contributed by atoms with Crippen molar-refractivity contribution in [3.05, 3.63) is 66.5 Å². The van der Waals surface area contributed by atoms with Crippen molar-refractivity contribution in [2.45, 2.75) is 18.9 Å². The van der Waals surface area contributed by atoms with Gasteiger partial charge in [-0.2, -0.15) is 0 Å². The summed E-state index contributed by atoms with van der Waals surface area (Å²) in [6, 6.07) is 15.4. The lowest BCUT2D eigenvalue weighted by Crippen LogP contribution is -2.26. The zero-order valence-corrected chi connectivity index (χ0v) is 16.8. The van der Waals surface area contributed by atoms with Crippen molar-refractivity contribution in [3.63, 3.8) is 0 Å². The first-order chi connectivity index (χ1) is 15.2. The summed E-state index contributed by atoms with van der Waals surface area (Å²) >= 11 is 0. The topological polar surface area (TPSA) is 96.4 Å². The fraction of sp³-hybridized carbons (Fsp3) is 0.208. The Morgan fingerprint density at radius 2 is 1.97 bits per heavy atom. The van der Waals surface area contributed by atoms with Crippen LogP contribution in [0.3, 0.4) is 0 Å². The summed E-state index contributed by atoms with van der Waals surface area (Å²) in [6.45, 7) is 0.492. The van der Waals surface area contributed by atoms with Gasteiger partial charge in [0.15, 0.2) is 0 Å². The number of carbonyl (C=O) groups excluding carboxylic acids is 1. The highest BCUT2D eigenvalue weighted by Gasteiger charge is 2.15. The van der Waals surface area contributed by atoms with Gasteiger partial charge in [0, 0.05) is 47.5 Å². The van der Waals surface area contributed by atoms with E-state index in [2.05, 4.69) is 20.6 Å². The number of amides is 1. The third-order valence-corrected chi connectivity index (χ3v) is 5.43. The van der Waals surface area contributed by atoms with Crippen LogP contribution < -0.4 is 15.4 Å². The maximum absolute atomic E-state index is 11.5. The minimum atomic E-state index is -0.697. The predicted molar refractivity (Wildman–Crippen MR) is 120 cm³/mol. The fourth-order valence-electron chi connectivity index (χ4n) is 3.84. The van der Waals surface area contributed by atoms with E-state index >= 15 is 0 Å². The Labute approximate surface area is 179 Å². The Balaban J connectivity index is 1.24. The molecule has 1 aliphatic heterocycles. The molecule has 0 bridgehead atoms. The van der Waals surface area contributed by atoms with Gasteiger partial charge >= 0.3 is 0 Å². The van der Waals surface area contributed by atoms with Crippen LogP contribution in [0.1, 0.15) is 12.0 Å². The standard InChI is InChI=1S/C24H22N4O3/c29-17(14-31-18-5-7-20-16(12-18)4-8-22(30)28-20)13-27-21-9-11-26-24-19(21)6-3-15-2-1-10-25-23(15)24/h1-3,5-7,9-12,17,29H,4,8,13-14H2,(H,26,27)(H,28,30). The normalized spacial score (nSPS) is 14.2. The van der Waals surface area contributed by atoms with Gasteiger partial charge in [-0.15, -0.1) is 0 Å². The number of aliphatic hydroxyl groups is 1. The molecule has 1 aliphatic rings. The Morgan fingerprint density at radius 1 is 1.06 bits per heavy atom. The fourth-order valence-corrected chi connectivity index (χ4v) is 3.84. The van der Waals surface area contributed by atoms with Gasteiger partial charge in [0.25, 0.3) is 0 Å². The van der Waals surface area contributed by atoms with Crippen molar-refractivity contribution in [2.24, 2.45) is 0 Å². The second-order valence-electron chi connectivity index (χ2n) is 7.61.